The SMILES string of the molecule is COC[C@H]1OC(OC[C@H]2OC(OC[C@H]3O[C@H](O[C@]4(COC)O[C@H](COC)[C@@H](OC)[C@@H]4OC)[C@H](OC)[C@@H](OC)[C@@H]3OC)[C@H](OC)[C@@H](OC)[C@H]2OC)[C@H](OC)[C@@H](OC)[C@H]1OC. The summed E-state index contributed by atoms with van der Waals surface area (Å²) < 4.78 is 127. The van der Waals surface area contributed by atoms with Gasteiger partial charge in [0.25, 0.3) is 0 Å². The van der Waals surface area contributed by atoms with Gasteiger partial charge in [0.15, 0.2) is 18.9 Å². The molecule has 0 aliphatic carbocycles. The van der Waals surface area contributed by atoms with Crippen LogP contribution in [0.15, 0.2) is 0 Å². The van der Waals surface area contributed by atoms with Crippen LogP contribution in [0.4, 0.5) is 0 Å². The highest BCUT2D eigenvalue weighted by Gasteiger charge is 2.61. The molecule has 0 amide bonds. The van der Waals surface area contributed by atoms with Crippen molar-refractivity contribution in [1.29, 1.82) is 0 Å². The van der Waals surface area contributed by atoms with E-state index in [9.17, 15) is 0 Å². The third kappa shape index (κ3) is 11.1. The van der Waals surface area contributed by atoms with Gasteiger partial charge in [0.05, 0.1) is 26.4 Å². The summed E-state index contributed by atoms with van der Waals surface area (Å²) >= 11 is 0. The molecular formula is C38H70O21. The number of hydrogen-bond acceptors (Lipinski definition) is 21. The molecule has 0 aromatic rings. The van der Waals surface area contributed by atoms with Crippen LogP contribution in [-0.4, -0.2) is 249 Å². The van der Waals surface area contributed by atoms with Crippen LogP contribution in [0.5, 0.6) is 0 Å². The molecule has 4 saturated heterocycles. The summed E-state index contributed by atoms with van der Waals surface area (Å²) in [6.07, 6.45) is -12.9. The van der Waals surface area contributed by atoms with Gasteiger partial charge in [-0.05, 0) is 0 Å². The van der Waals surface area contributed by atoms with E-state index < -0.39 is 116 Å². The van der Waals surface area contributed by atoms with Crippen molar-refractivity contribution >= 4 is 0 Å². The average Bonchev–Trinajstić information content (AvgIpc) is 3.54. The van der Waals surface area contributed by atoms with Crippen molar-refractivity contribution in [2.24, 2.45) is 0 Å². The fourth-order valence-electron chi connectivity index (χ4n) is 8.71. The summed E-state index contributed by atoms with van der Waals surface area (Å²) in [5.74, 6) is -1.51. The van der Waals surface area contributed by atoms with E-state index >= 15 is 0 Å². The maximum atomic E-state index is 6.72. The van der Waals surface area contributed by atoms with Gasteiger partial charge in [0, 0.05) is 99.5 Å². The van der Waals surface area contributed by atoms with E-state index in [0.29, 0.717) is 0 Å². The van der Waals surface area contributed by atoms with Gasteiger partial charge in [-0.25, -0.2) is 0 Å². The third-order valence-electron chi connectivity index (χ3n) is 11.4. The Hall–Kier alpha value is -0.840. The van der Waals surface area contributed by atoms with Crippen molar-refractivity contribution in [1.82, 2.24) is 0 Å². The number of ether oxygens (including phenoxy) is 21. The Morgan fingerprint density at radius 2 is 0.695 bits per heavy atom. The molecule has 0 bridgehead atoms. The lowest BCUT2D eigenvalue weighted by Gasteiger charge is -2.48. The van der Waals surface area contributed by atoms with Crippen LogP contribution in [0, 0.1) is 0 Å². The van der Waals surface area contributed by atoms with Crippen molar-refractivity contribution < 1.29 is 99.5 Å². The lowest BCUT2D eigenvalue weighted by atomic mass is 9.97. The maximum Gasteiger partial charge on any atom is 0.224 e. The molecule has 21 nitrogen and oxygen atoms in total. The largest absolute Gasteiger partial charge is 0.382 e. The molecular weight excluding hydrogens is 792 g/mol. The van der Waals surface area contributed by atoms with E-state index in [-0.39, 0.29) is 33.0 Å². The molecule has 0 aromatic heterocycles. The van der Waals surface area contributed by atoms with Crippen LogP contribution in [-0.2, 0) is 99.5 Å². The van der Waals surface area contributed by atoms with Gasteiger partial charge in [-0.2, -0.15) is 0 Å². The molecule has 0 aromatic carbocycles. The molecule has 19 atom stereocenters. The summed E-state index contributed by atoms with van der Waals surface area (Å²) in [7, 11) is 21.7. The topological polar surface area (TPSA) is 194 Å². The fourth-order valence-corrected chi connectivity index (χ4v) is 8.71. The molecule has 4 aliphatic rings. The molecule has 4 fully saturated rings. The van der Waals surface area contributed by atoms with E-state index in [2.05, 4.69) is 0 Å². The fraction of sp³-hybridized carbons (Fsp3) is 1.00. The number of rotatable bonds is 25. The molecule has 0 saturated carbocycles. The van der Waals surface area contributed by atoms with Gasteiger partial charge in [0.1, 0.15) is 98.2 Å². The summed E-state index contributed by atoms with van der Waals surface area (Å²) in [4.78, 5) is 0. The Kier molecular flexibility index (Phi) is 21.4. The Morgan fingerprint density at radius 1 is 0.339 bits per heavy atom. The molecule has 4 heterocycles. The summed E-state index contributed by atoms with van der Waals surface area (Å²) in [6.45, 7) is 0.260. The highest BCUT2D eigenvalue weighted by atomic mass is 16.8. The van der Waals surface area contributed by atoms with Crippen LogP contribution in [0.2, 0.25) is 0 Å². The molecule has 0 spiro atoms. The minimum absolute atomic E-state index is 0.0282. The van der Waals surface area contributed by atoms with Crippen molar-refractivity contribution in [2.75, 3.05) is 133 Å². The second kappa shape index (κ2) is 24.9. The Bertz CT molecular complexity index is 1160. The Morgan fingerprint density at radius 3 is 1.05 bits per heavy atom. The summed E-state index contributed by atoms with van der Waals surface area (Å²) in [6, 6.07) is 0. The third-order valence-corrected chi connectivity index (χ3v) is 11.4. The monoisotopic (exact) mass is 862 g/mol. The van der Waals surface area contributed by atoms with E-state index in [1.807, 2.05) is 0 Å². The second-order valence-corrected chi connectivity index (χ2v) is 14.4. The van der Waals surface area contributed by atoms with E-state index in [1.54, 1.807) is 71.1 Å². The van der Waals surface area contributed by atoms with Crippen LogP contribution in [0.25, 0.3) is 0 Å². The predicted molar refractivity (Wildman–Crippen MR) is 201 cm³/mol. The Balaban J connectivity index is 1.58. The van der Waals surface area contributed by atoms with Gasteiger partial charge < -0.3 is 99.5 Å². The molecule has 2 unspecified atom stereocenters. The summed E-state index contributed by atoms with van der Waals surface area (Å²) in [5.41, 5.74) is 0. The van der Waals surface area contributed by atoms with Crippen molar-refractivity contribution in [2.45, 2.75) is 116 Å². The number of hydrogen-bond donors (Lipinski definition) is 0. The average molecular weight is 863 g/mol. The lowest BCUT2D eigenvalue weighted by Crippen LogP contribution is -2.65. The highest BCUT2D eigenvalue weighted by molar-refractivity contribution is 5.02. The first-order valence-electron chi connectivity index (χ1n) is 19.5. The minimum atomic E-state index is -1.51. The van der Waals surface area contributed by atoms with E-state index in [4.69, 9.17) is 99.5 Å². The first-order valence-corrected chi connectivity index (χ1v) is 19.5. The Labute approximate surface area is 348 Å². The zero-order chi connectivity index (χ0) is 43.3. The van der Waals surface area contributed by atoms with E-state index in [1.165, 1.54) is 28.4 Å². The lowest BCUT2D eigenvalue weighted by molar-refractivity contribution is -0.394. The first kappa shape index (κ1) is 50.8. The standard InChI is InChI=1S/C38H70O21/c1-39-15-20-24(42-4)28(46-8)31(49-11)35(55-20)53-17-21-25(43-5)29(47-9)32(50-12)36(56-21)54-18-22-26(44-6)30(48-10)33(51-13)37(57-22)59-38(19-41-3)34(52-14)27(45-7)23(58-38)16-40-2/h20-37H,15-19H2,1-14H3/t20-,21-,22-,23-,24+,25+,26-,27-,28+,29+,30+,31-,32-,33-,34+,35?,36?,37-,38+/m1/s1. The number of methoxy groups -OCH3 is 14. The van der Waals surface area contributed by atoms with Crippen LogP contribution in [0.3, 0.4) is 0 Å². The van der Waals surface area contributed by atoms with Crippen molar-refractivity contribution in [3.63, 3.8) is 0 Å². The van der Waals surface area contributed by atoms with Crippen LogP contribution >= 0.6 is 0 Å². The molecule has 59 heavy (non-hydrogen) atoms. The molecule has 0 radical (unpaired) electrons. The zero-order valence-electron chi connectivity index (χ0n) is 37.0. The van der Waals surface area contributed by atoms with Crippen molar-refractivity contribution in [3.8, 4) is 0 Å². The van der Waals surface area contributed by atoms with Gasteiger partial charge in [-0.15, -0.1) is 0 Å². The van der Waals surface area contributed by atoms with Crippen LogP contribution in [0.1, 0.15) is 0 Å². The maximum absolute atomic E-state index is 6.72. The molecule has 4 aliphatic heterocycles. The smallest absolute Gasteiger partial charge is 0.224 e. The van der Waals surface area contributed by atoms with Gasteiger partial charge >= 0.3 is 0 Å². The summed E-state index contributed by atoms with van der Waals surface area (Å²) in [5, 5.41) is 0. The quantitative estimate of drug-likeness (QED) is 0.113. The van der Waals surface area contributed by atoms with Gasteiger partial charge in [-0.3, -0.25) is 0 Å². The van der Waals surface area contributed by atoms with Gasteiger partial charge in [-0.1, -0.05) is 0 Å². The predicted octanol–water partition coefficient (Wildman–Crippen LogP) is -0.590. The van der Waals surface area contributed by atoms with Crippen molar-refractivity contribution in [3.05, 3.63) is 0 Å². The van der Waals surface area contributed by atoms with E-state index in [0.717, 1.165) is 0 Å². The van der Waals surface area contributed by atoms with Gasteiger partial charge in [0.2, 0.25) is 5.79 Å². The minimum Gasteiger partial charge on any atom is -0.382 e. The normalized spacial score (nSPS) is 43.0. The second-order valence-electron chi connectivity index (χ2n) is 14.4. The molecule has 4 rings (SSSR count). The molecule has 0 N–H and O–H groups in total. The van der Waals surface area contributed by atoms with Crippen LogP contribution < -0.4 is 0 Å². The first-order chi connectivity index (χ1) is 28.6. The highest BCUT2D eigenvalue weighted by Crippen LogP contribution is 2.41. The zero-order valence-corrected chi connectivity index (χ0v) is 37.0. The molecule has 348 valence electrons. The molecule has 21 heteroatoms.